The van der Waals surface area contributed by atoms with Gasteiger partial charge in [0.1, 0.15) is 5.58 Å². The Hall–Kier alpha value is -2.23. The van der Waals surface area contributed by atoms with E-state index in [0.29, 0.717) is 6.42 Å². The van der Waals surface area contributed by atoms with Crippen molar-refractivity contribution in [2.75, 3.05) is 5.01 Å². The summed E-state index contributed by atoms with van der Waals surface area (Å²) in [6.45, 7) is 0. The zero-order valence-corrected chi connectivity index (χ0v) is 8.51. The summed E-state index contributed by atoms with van der Waals surface area (Å²) >= 11 is 0. The molecule has 2 aromatic rings. The van der Waals surface area contributed by atoms with Crippen LogP contribution in [-0.2, 0) is 4.79 Å². The van der Waals surface area contributed by atoms with Crippen LogP contribution in [0.4, 0.5) is 5.69 Å². The van der Waals surface area contributed by atoms with Gasteiger partial charge in [-0.2, -0.15) is 0 Å². The van der Waals surface area contributed by atoms with E-state index in [1.807, 2.05) is 36.5 Å². The number of nitrogens with zero attached hydrogens (tertiary/aromatic N) is 1. The summed E-state index contributed by atoms with van der Waals surface area (Å²) in [6.07, 6.45) is 5.77. The van der Waals surface area contributed by atoms with Gasteiger partial charge in [-0.15, -0.1) is 0 Å². The van der Waals surface area contributed by atoms with Gasteiger partial charge in [0, 0.05) is 18.0 Å². The van der Waals surface area contributed by atoms with Crippen LogP contribution in [0.15, 0.2) is 47.2 Å². The van der Waals surface area contributed by atoms with Gasteiger partial charge >= 0.3 is 0 Å². The molecular formula is C12H10N2O2. The number of furan rings is 1. The van der Waals surface area contributed by atoms with E-state index in [9.17, 15) is 4.79 Å². The Morgan fingerprint density at radius 1 is 1.31 bits per heavy atom. The Morgan fingerprint density at radius 2 is 2.25 bits per heavy atom. The number of fused-ring (bicyclic) bond motifs is 1. The van der Waals surface area contributed by atoms with Gasteiger partial charge in [0.15, 0.2) is 0 Å². The largest absolute Gasteiger partial charge is 0.464 e. The molecule has 0 radical (unpaired) electrons. The fourth-order valence-electron chi connectivity index (χ4n) is 1.74. The third-order valence-electron chi connectivity index (χ3n) is 2.52. The van der Waals surface area contributed by atoms with E-state index >= 15 is 0 Å². The van der Waals surface area contributed by atoms with Gasteiger partial charge < -0.3 is 4.42 Å². The van der Waals surface area contributed by atoms with Gasteiger partial charge in [-0.05, 0) is 24.3 Å². The fourth-order valence-corrected chi connectivity index (χ4v) is 1.74. The molecule has 3 rings (SSSR count). The molecule has 1 aliphatic heterocycles. The molecule has 0 spiro atoms. The minimum atomic E-state index is -0.00482. The van der Waals surface area contributed by atoms with E-state index in [-0.39, 0.29) is 5.91 Å². The number of anilines is 1. The summed E-state index contributed by atoms with van der Waals surface area (Å²) in [5, 5.41) is 2.73. The molecular weight excluding hydrogens is 204 g/mol. The van der Waals surface area contributed by atoms with Crippen molar-refractivity contribution in [3.8, 4) is 0 Å². The highest BCUT2D eigenvalue weighted by Gasteiger charge is 2.11. The molecule has 0 unspecified atom stereocenters. The Morgan fingerprint density at radius 3 is 3.12 bits per heavy atom. The summed E-state index contributed by atoms with van der Waals surface area (Å²) in [4.78, 5) is 11.2. The maximum absolute atomic E-state index is 11.2. The minimum Gasteiger partial charge on any atom is -0.464 e. The Balaban J connectivity index is 2.01. The molecule has 1 amide bonds. The zero-order valence-electron chi connectivity index (χ0n) is 8.51. The number of nitrogens with one attached hydrogen (secondary N) is 1. The summed E-state index contributed by atoms with van der Waals surface area (Å²) in [5.74, 6) is -0.00482. The molecule has 1 aromatic carbocycles. The molecule has 0 bridgehead atoms. The Labute approximate surface area is 92.1 Å². The normalized spacial score (nSPS) is 15.5. The minimum absolute atomic E-state index is 0.00482. The number of hydrazine groups is 1. The molecule has 80 valence electrons. The predicted octanol–water partition coefficient (Wildman–Crippen LogP) is 2.19. The van der Waals surface area contributed by atoms with Crippen molar-refractivity contribution < 1.29 is 9.21 Å². The molecule has 1 aliphatic rings. The lowest BCUT2D eigenvalue weighted by Crippen LogP contribution is -2.40. The number of hydrogen-bond acceptors (Lipinski definition) is 3. The van der Waals surface area contributed by atoms with E-state index in [4.69, 9.17) is 4.42 Å². The molecule has 4 heteroatoms. The van der Waals surface area contributed by atoms with Crippen molar-refractivity contribution in [3.05, 3.63) is 42.8 Å². The molecule has 4 nitrogen and oxygen atoms in total. The van der Waals surface area contributed by atoms with Crippen molar-refractivity contribution in [1.82, 2.24) is 5.43 Å². The summed E-state index contributed by atoms with van der Waals surface area (Å²) in [7, 11) is 0. The lowest BCUT2D eigenvalue weighted by Gasteiger charge is -2.24. The maximum atomic E-state index is 11.2. The second kappa shape index (κ2) is 3.41. The van der Waals surface area contributed by atoms with Gasteiger partial charge in [-0.3, -0.25) is 15.2 Å². The van der Waals surface area contributed by atoms with Gasteiger partial charge in [-0.1, -0.05) is 6.08 Å². The monoisotopic (exact) mass is 214 g/mol. The first-order valence-electron chi connectivity index (χ1n) is 5.05. The number of benzene rings is 1. The number of carbonyl (C=O) groups is 1. The van der Waals surface area contributed by atoms with Crippen molar-refractivity contribution in [1.29, 1.82) is 0 Å². The van der Waals surface area contributed by atoms with Crippen molar-refractivity contribution in [2.45, 2.75) is 6.42 Å². The van der Waals surface area contributed by atoms with Crippen LogP contribution in [0.5, 0.6) is 0 Å². The second-order valence-corrected chi connectivity index (χ2v) is 3.64. The standard InChI is InChI=1S/C12H10N2O2/c15-12-2-1-6-14(13-12)10-3-4-11-9(8-10)5-7-16-11/h1,3-8H,2H2,(H,13,15). The first kappa shape index (κ1) is 9.03. The molecule has 0 saturated heterocycles. The van der Waals surface area contributed by atoms with Crippen LogP contribution in [0.2, 0.25) is 0 Å². The van der Waals surface area contributed by atoms with Crippen molar-refractivity contribution in [3.63, 3.8) is 0 Å². The number of carbonyl (C=O) groups excluding carboxylic acids is 1. The molecule has 1 aromatic heterocycles. The fraction of sp³-hybridized carbons (Fsp3) is 0.0833. The van der Waals surface area contributed by atoms with E-state index in [1.54, 1.807) is 11.3 Å². The quantitative estimate of drug-likeness (QED) is 0.791. The number of rotatable bonds is 1. The van der Waals surface area contributed by atoms with E-state index < -0.39 is 0 Å². The average molecular weight is 214 g/mol. The first-order chi connectivity index (χ1) is 7.83. The lowest BCUT2D eigenvalue weighted by molar-refractivity contribution is -0.120. The molecule has 1 N–H and O–H groups in total. The molecule has 0 fully saturated rings. The Kier molecular flexibility index (Phi) is 1.93. The van der Waals surface area contributed by atoms with Crippen LogP contribution in [0.3, 0.4) is 0 Å². The predicted molar refractivity (Wildman–Crippen MR) is 60.6 cm³/mol. The van der Waals surface area contributed by atoms with Crippen LogP contribution in [0, 0.1) is 0 Å². The molecule has 16 heavy (non-hydrogen) atoms. The van der Waals surface area contributed by atoms with Crippen LogP contribution in [0.1, 0.15) is 6.42 Å². The molecule has 0 atom stereocenters. The van der Waals surface area contributed by atoms with Crippen molar-refractivity contribution >= 4 is 22.6 Å². The second-order valence-electron chi connectivity index (χ2n) is 3.64. The van der Waals surface area contributed by atoms with Crippen molar-refractivity contribution in [2.24, 2.45) is 0 Å². The summed E-state index contributed by atoms with van der Waals surface area (Å²) < 4.78 is 5.26. The van der Waals surface area contributed by atoms with E-state index in [0.717, 1.165) is 16.7 Å². The van der Waals surface area contributed by atoms with Crippen LogP contribution in [-0.4, -0.2) is 5.91 Å². The van der Waals surface area contributed by atoms with Crippen LogP contribution < -0.4 is 10.4 Å². The van der Waals surface area contributed by atoms with Gasteiger partial charge in [0.25, 0.3) is 0 Å². The third-order valence-corrected chi connectivity index (χ3v) is 2.52. The van der Waals surface area contributed by atoms with Gasteiger partial charge in [0.2, 0.25) is 5.91 Å². The van der Waals surface area contributed by atoms with Gasteiger partial charge in [0.05, 0.1) is 12.0 Å². The smallest absolute Gasteiger partial charge is 0.242 e. The zero-order chi connectivity index (χ0) is 11.0. The molecule has 0 aliphatic carbocycles. The highest BCUT2D eigenvalue weighted by Crippen LogP contribution is 2.23. The lowest BCUT2D eigenvalue weighted by atomic mass is 10.2. The number of hydrogen-bond donors (Lipinski definition) is 1. The maximum Gasteiger partial charge on any atom is 0.242 e. The number of amides is 1. The average Bonchev–Trinajstić information content (AvgIpc) is 2.75. The third kappa shape index (κ3) is 1.44. The topological polar surface area (TPSA) is 45.5 Å². The SMILES string of the molecule is O=C1CC=CN(c2ccc3occc3c2)N1. The van der Waals surface area contributed by atoms with E-state index in [1.165, 1.54) is 0 Å². The molecule has 2 heterocycles. The first-order valence-corrected chi connectivity index (χ1v) is 5.05. The highest BCUT2D eigenvalue weighted by molar-refractivity contribution is 5.85. The van der Waals surface area contributed by atoms with Gasteiger partial charge in [-0.25, -0.2) is 0 Å². The highest BCUT2D eigenvalue weighted by atomic mass is 16.3. The summed E-state index contributed by atoms with van der Waals surface area (Å²) in [5.41, 5.74) is 4.53. The van der Waals surface area contributed by atoms with E-state index in [2.05, 4.69) is 5.43 Å². The molecule has 0 saturated carbocycles. The Bertz CT molecular complexity index is 571. The van der Waals surface area contributed by atoms with Crippen LogP contribution >= 0.6 is 0 Å². The summed E-state index contributed by atoms with van der Waals surface area (Å²) in [6, 6.07) is 7.66. The van der Waals surface area contributed by atoms with Crippen LogP contribution in [0.25, 0.3) is 11.0 Å².